The molecule has 5 nitrogen and oxygen atoms in total. The highest BCUT2D eigenvalue weighted by molar-refractivity contribution is 7.13. The van der Waals surface area contributed by atoms with Gasteiger partial charge in [0.1, 0.15) is 10.8 Å². The highest BCUT2D eigenvalue weighted by Gasteiger charge is 2.12. The Hall–Kier alpha value is -1.92. The van der Waals surface area contributed by atoms with Crippen LogP contribution in [0.5, 0.6) is 5.75 Å². The fourth-order valence-corrected chi connectivity index (χ4v) is 3.79. The number of rotatable bonds is 13. The number of benzene rings is 1. The van der Waals surface area contributed by atoms with Crippen molar-refractivity contribution in [1.82, 2.24) is 9.88 Å². The van der Waals surface area contributed by atoms with E-state index in [4.69, 9.17) is 9.47 Å². The van der Waals surface area contributed by atoms with E-state index < -0.39 is 0 Å². The topological polar surface area (TPSA) is 51.7 Å². The molecule has 0 bridgehead atoms. The number of nitrogens with zero attached hydrogens (tertiary/aromatic N) is 2. The summed E-state index contributed by atoms with van der Waals surface area (Å²) in [6, 6.07) is 7.88. The minimum absolute atomic E-state index is 0.354. The second-order valence-corrected chi connectivity index (χ2v) is 7.54. The predicted octanol–water partition coefficient (Wildman–Crippen LogP) is 5.27. The summed E-state index contributed by atoms with van der Waals surface area (Å²) in [5.74, 6) is 0.492. The number of hydrogen-bond acceptors (Lipinski definition) is 6. The summed E-state index contributed by atoms with van der Waals surface area (Å²) in [5, 5.41) is 2.54. The molecule has 0 N–H and O–H groups in total. The molecule has 0 atom stereocenters. The normalized spacial score (nSPS) is 11.0. The molecule has 0 aliphatic rings. The first-order valence-electron chi connectivity index (χ1n) is 10.3. The van der Waals surface area contributed by atoms with Crippen LogP contribution in [-0.4, -0.2) is 48.7 Å². The summed E-state index contributed by atoms with van der Waals surface area (Å²) in [4.78, 5) is 18.6. The molecule has 0 aliphatic carbocycles. The zero-order valence-electron chi connectivity index (χ0n) is 17.3. The van der Waals surface area contributed by atoms with Crippen molar-refractivity contribution in [2.45, 2.75) is 46.5 Å². The van der Waals surface area contributed by atoms with E-state index in [9.17, 15) is 4.79 Å². The van der Waals surface area contributed by atoms with Gasteiger partial charge in [-0.15, -0.1) is 11.3 Å². The highest BCUT2D eigenvalue weighted by Crippen LogP contribution is 2.26. The maximum Gasteiger partial charge on any atom is 0.357 e. The van der Waals surface area contributed by atoms with E-state index in [1.54, 1.807) is 12.3 Å². The Bertz CT molecular complexity index is 694. The van der Waals surface area contributed by atoms with Crippen LogP contribution in [0.1, 0.15) is 56.9 Å². The lowest BCUT2D eigenvalue weighted by atomic mass is 10.2. The van der Waals surface area contributed by atoms with E-state index in [1.165, 1.54) is 37.3 Å². The van der Waals surface area contributed by atoms with Crippen LogP contribution in [0, 0.1) is 0 Å². The minimum Gasteiger partial charge on any atom is -0.494 e. The molecule has 0 fully saturated rings. The third-order valence-electron chi connectivity index (χ3n) is 4.31. The molecule has 154 valence electrons. The number of hydrogen-bond donors (Lipinski definition) is 0. The quantitative estimate of drug-likeness (QED) is 0.336. The van der Waals surface area contributed by atoms with E-state index in [0.29, 0.717) is 12.3 Å². The van der Waals surface area contributed by atoms with Gasteiger partial charge in [-0.2, -0.15) is 0 Å². The molecule has 1 aromatic carbocycles. The van der Waals surface area contributed by atoms with E-state index in [1.807, 2.05) is 24.3 Å². The van der Waals surface area contributed by atoms with Gasteiger partial charge in [0.05, 0.1) is 13.2 Å². The van der Waals surface area contributed by atoms with Crippen LogP contribution in [-0.2, 0) is 4.74 Å². The molecule has 0 aliphatic heterocycles. The molecule has 6 heteroatoms. The summed E-state index contributed by atoms with van der Waals surface area (Å²) in [7, 11) is 0. The Morgan fingerprint density at radius 3 is 2.39 bits per heavy atom. The van der Waals surface area contributed by atoms with E-state index in [2.05, 4.69) is 23.7 Å². The Balaban J connectivity index is 1.76. The van der Waals surface area contributed by atoms with Crippen molar-refractivity contribution in [1.29, 1.82) is 0 Å². The lowest BCUT2D eigenvalue weighted by Crippen LogP contribution is -2.26. The van der Waals surface area contributed by atoms with Crippen molar-refractivity contribution in [3.63, 3.8) is 0 Å². The second kappa shape index (κ2) is 12.5. The van der Waals surface area contributed by atoms with E-state index in [0.717, 1.165) is 42.3 Å². The van der Waals surface area contributed by atoms with Crippen molar-refractivity contribution in [2.24, 2.45) is 0 Å². The van der Waals surface area contributed by atoms with E-state index in [-0.39, 0.29) is 5.97 Å². The minimum atomic E-state index is -0.374. The van der Waals surface area contributed by atoms with Crippen LogP contribution < -0.4 is 4.74 Å². The lowest BCUT2D eigenvalue weighted by molar-refractivity contribution is 0.0520. The Kier molecular flexibility index (Phi) is 10.0. The number of ether oxygens (including phenoxy) is 2. The van der Waals surface area contributed by atoms with Crippen molar-refractivity contribution in [3.8, 4) is 16.3 Å². The number of carbonyl (C=O) groups is 1. The smallest absolute Gasteiger partial charge is 0.357 e. The Morgan fingerprint density at radius 2 is 1.75 bits per heavy atom. The van der Waals surface area contributed by atoms with Crippen molar-refractivity contribution < 1.29 is 14.3 Å². The summed E-state index contributed by atoms with van der Waals surface area (Å²) >= 11 is 1.44. The van der Waals surface area contributed by atoms with Crippen LogP contribution in [0.4, 0.5) is 0 Å². The fraction of sp³-hybridized carbons (Fsp3) is 0.545. The number of unbranched alkanes of at least 4 members (excludes halogenated alkanes) is 1. The fourth-order valence-electron chi connectivity index (χ4n) is 2.99. The molecule has 1 aromatic heterocycles. The zero-order valence-corrected chi connectivity index (χ0v) is 18.1. The molecule has 2 aromatic rings. The summed E-state index contributed by atoms with van der Waals surface area (Å²) in [6.45, 7) is 10.9. The first kappa shape index (κ1) is 22.4. The summed E-state index contributed by atoms with van der Waals surface area (Å²) in [6.07, 6.45) is 4.64. The molecule has 0 amide bonds. The van der Waals surface area contributed by atoms with Gasteiger partial charge in [-0.25, -0.2) is 9.78 Å². The van der Waals surface area contributed by atoms with Gasteiger partial charge in [-0.3, -0.25) is 0 Å². The van der Waals surface area contributed by atoms with E-state index >= 15 is 0 Å². The first-order valence-corrected chi connectivity index (χ1v) is 11.1. The molecule has 0 radical (unpaired) electrons. The standard InChI is InChI=1S/C22H32N2O3S/c1-4-13-24(14-5-2)15-7-8-16-27-19-11-9-18(10-12-19)21-23-20(17-28-21)22(25)26-6-3/h9-12,17H,4-8,13-16H2,1-3H3. The van der Waals surface area contributed by atoms with Gasteiger partial charge < -0.3 is 14.4 Å². The van der Waals surface area contributed by atoms with Crippen LogP contribution in [0.25, 0.3) is 10.6 Å². The van der Waals surface area contributed by atoms with Gasteiger partial charge in [0.15, 0.2) is 5.69 Å². The van der Waals surface area contributed by atoms with Crippen molar-refractivity contribution in [3.05, 3.63) is 35.3 Å². The molecule has 0 saturated heterocycles. The highest BCUT2D eigenvalue weighted by atomic mass is 32.1. The number of esters is 1. The first-order chi connectivity index (χ1) is 13.7. The SMILES string of the molecule is CCCN(CCC)CCCCOc1ccc(-c2nc(C(=O)OCC)cs2)cc1. The number of aromatic nitrogens is 1. The molecule has 0 spiro atoms. The molecule has 0 unspecified atom stereocenters. The summed E-state index contributed by atoms with van der Waals surface area (Å²) in [5.41, 5.74) is 1.34. The Labute approximate surface area is 172 Å². The molecular weight excluding hydrogens is 372 g/mol. The monoisotopic (exact) mass is 404 g/mol. The Morgan fingerprint density at radius 1 is 1.04 bits per heavy atom. The van der Waals surface area contributed by atoms with Crippen molar-refractivity contribution in [2.75, 3.05) is 32.8 Å². The predicted molar refractivity (Wildman–Crippen MR) is 115 cm³/mol. The zero-order chi connectivity index (χ0) is 20.2. The van der Waals surface area contributed by atoms with Crippen LogP contribution in [0.3, 0.4) is 0 Å². The molecule has 1 heterocycles. The molecule has 2 rings (SSSR count). The van der Waals surface area contributed by atoms with Gasteiger partial charge >= 0.3 is 5.97 Å². The lowest BCUT2D eigenvalue weighted by Gasteiger charge is -2.20. The molecule has 0 saturated carbocycles. The number of thiazole rings is 1. The maximum absolute atomic E-state index is 11.7. The molecule has 28 heavy (non-hydrogen) atoms. The third kappa shape index (κ3) is 7.24. The second-order valence-electron chi connectivity index (χ2n) is 6.68. The largest absolute Gasteiger partial charge is 0.494 e. The van der Waals surface area contributed by atoms with Crippen LogP contribution in [0.15, 0.2) is 29.6 Å². The van der Waals surface area contributed by atoms with Crippen LogP contribution >= 0.6 is 11.3 Å². The van der Waals surface area contributed by atoms with Gasteiger partial charge in [0.2, 0.25) is 0 Å². The van der Waals surface area contributed by atoms with Gasteiger partial charge in [-0.1, -0.05) is 13.8 Å². The average molecular weight is 405 g/mol. The van der Waals surface area contributed by atoms with Gasteiger partial charge in [0.25, 0.3) is 0 Å². The number of carbonyl (C=O) groups excluding carboxylic acids is 1. The van der Waals surface area contributed by atoms with Gasteiger partial charge in [-0.05, 0) is 76.5 Å². The van der Waals surface area contributed by atoms with Gasteiger partial charge in [0, 0.05) is 10.9 Å². The average Bonchev–Trinajstić information content (AvgIpc) is 3.19. The summed E-state index contributed by atoms with van der Waals surface area (Å²) < 4.78 is 10.8. The maximum atomic E-state index is 11.7. The molecular formula is C22H32N2O3S. The van der Waals surface area contributed by atoms with Crippen LogP contribution in [0.2, 0.25) is 0 Å². The van der Waals surface area contributed by atoms with Crippen molar-refractivity contribution >= 4 is 17.3 Å². The third-order valence-corrected chi connectivity index (χ3v) is 5.20.